The molecule has 1 aliphatic heterocycles. The second-order valence-corrected chi connectivity index (χ2v) is 8.02. The van der Waals surface area contributed by atoms with E-state index in [0.29, 0.717) is 0 Å². The Hall–Kier alpha value is -1.37. The van der Waals surface area contributed by atoms with E-state index in [0.717, 1.165) is 49.2 Å². The molecule has 1 aromatic heterocycles. The molecule has 2 heterocycles. The summed E-state index contributed by atoms with van der Waals surface area (Å²) < 4.78 is 6.79. The van der Waals surface area contributed by atoms with Crippen LogP contribution in [0.2, 0.25) is 0 Å². The molecule has 0 unspecified atom stereocenters. The summed E-state index contributed by atoms with van der Waals surface area (Å²) in [4.78, 5) is 4.96. The smallest absolute Gasteiger partial charge is 0.142 e. The molecule has 0 spiro atoms. The maximum Gasteiger partial charge on any atom is 0.142 e. The van der Waals surface area contributed by atoms with Crippen LogP contribution in [0, 0.1) is 0 Å². The second kappa shape index (κ2) is 7.95. The van der Waals surface area contributed by atoms with Crippen LogP contribution in [0.4, 0.5) is 10.7 Å². The van der Waals surface area contributed by atoms with E-state index in [1.165, 1.54) is 9.90 Å². The van der Waals surface area contributed by atoms with Gasteiger partial charge in [-0.2, -0.15) is 0 Å². The van der Waals surface area contributed by atoms with Crippen molar-refractivity contribution < 1.29 is 4.74 Å². The number of ether oxygens (including phenoxy) is 1. The summed E-state index contributed by atoms with van der Waals surface area (Å²) in [5, 5.41) is 0.901. The first kappa shape index (κ1) is 16.5. The predicted octanol–water partition coefficient (Wildman–Crippen LogP) is 3.25. The number of hydrogen-bond acceptors (Lipinski definition) is 6. The minimum absolute atomic E-state index is 0.901. The Morgan fingerprint density at radius 2 is 1.91 bits per heavy atom. The van der Waals surface area contributed by atoms with Gasteiger partial charge in [-0.3, -0.25) is 4.90 Å². The Morgan fingerprint density at radius 3 is 2.61 bits per heavy atom. The van der Waals surface area contributed by atoms with Crippen molar-refractivity contribution in [2.24, 2.45) is 0 Å². The van der Waals surface area contributed by atoms with Gasteiger partial charge in [-0.05, 0) is 24.3 Å². The van der Waals surface area contributed by atoms with Gasteiger partial charge in [0.2, 0.25) is 0 Å². The van der Waals surface area contributed by atoms with E-state index in [2.05, 4.69) is 28.0 Å². The Balaban J connectivity index is 1.45. The monoisotopic (exact) mass is 349 g/mol. The lowest BCUT2D eigenvalue weighted by atomic mass is 10.2. The molecule has 3 rings (SSSR count). The zero-order chi connectivity index (χ0) is 16.1. The maximum absolute atomic E-state index is 5.77. The molecule has 124 valence electrons. The highest BCUT2D eigenvalue weighted by Gasteiger charge is 2.19. The first-order valence-electron chi connectivity index (χ1n) is 7.84. The highest BCUT2D eigenvalue weighted by Crippen LogP contribution is 2.30. The molecule has 2 N–H and O–H groups in total. The zero-order valence-corrected chi connectivity index (χ0v) is 15.0. The van der Waals surface area contributed by atoms with Crippen LogP contribution in [-0.2, 0) is 0 Å². The number of anilines is 2. The number of rotatable bonds is 6. The van der Waals surface area contributed by atoms with Gasteiger partial charge in [0.1, 0.15) is 5.75 Å². The summed E-state index contributed by atoms with van der Waals surface area (Å²) in [5.74, 6) is 2.08. The van der Waals surface area contributed by atoms with Gasteiger partial charge in [-0.25, -0.2) is 0 Å². The Bertz CT molecular complexity index is 624. The lowest BCUT2D eigenvalue weighted by Gasteiger charge is -2.36. The molecule has 0 aliphatic carbocycles. The highest BCUT2D eigenvalue weighted by atomic mass is 32.2. The van der Waals surface area contributed by atoms with E-state index in [1.54, 1.807) is 18.4 Å². The number of hydrogen-bond donors (Lipinski definition) is 1. The van der Waals surface area contributed by atoms with Crippen LogP contribution < -0.4 is 15.4 Å². The fourth-order valence-electron chi connectivity index (χ4n) is 2.79. The van der Waals surface area contributed by atoms with Gasteiger partial charge in [0.25, 0.3) is 0 Å². The van der Waals surface area contributed by atoms with Crippen molar-refractivity contribution in [1.29, 1.82) is 0 Å². The summed E-state index contributed by atoms with van der Waals surface area (Å²) in [6.45, 7) is 5.44. The number of para-hydroxylation sites is 2. The molecule has 1 aliphatic rings. The van der Waals surface area contributed by atoms with Crippen LogP contribution in [0.25, 0.3) is 0 Å². The van der Waals surface area contributed by atoms with Gasteiger partial charge >= 0.3 is 0 Å². The van der Waals surface area contributed by atoms with Crippen molar-refractivity contribution in [1.82, 2.24) is 4.90 Å². The summed E-state index contributed by atoms with van der Waals surface area (Å²) in [6, 6.07) is 12.4. The third-order valence-corrected chi connectivity index (χ3v) is 6.17. The molecule has 6 heteroatoms. The normalized spacial score (nSPS) is 15.8. The maximum atomic E-state index is 5.77. The first-order valence-corrected chi connectivity index (χ1v) is 9.65. The minimum atomic E-state index is 0.901. The standard InChI is InChI=1S/C17H23N3OS2/c1-21-15-5-3-2-4-14(15)20-10-8-19(9-11-20)12-13-22-17-7-6-16(18)23-17/h2-7H,8-13,18H2,1H3. The summed E-state index contributed by atoms with van der Waals surface area (Å²) in [7, 11) is 1.74. The number of nitrogen functional groups attached to an aromatic ring is 1. The largest absolute Gasteiger partial charge is 0.495 e. The number of thioether (sulfide) groups is 1. The van der Waals surface area contributed by atoms with Crippen LogP contribution in [0.1, 0.15) is 0 Å². The van der Waals surface area contributed by atoms with Crippen molar-refractivity contribution in [3.05, 3.63) is 36.4 Å². The van der Waals surface area contributed by atoms with Crippen LogP contribution in [0.3, 0.4) is 0 Å². The molecule has 0 saturated carbocycles. The van der Waals surface area contributed by atoms with E-state index < -0.39 is 0 Å². The minimum Gasteiger partial charge on any atom is -0.495 e. The Labute approximate surface area is 146 Å². The first-order chi connectivity index (χ1) is 11.3. The number of methoxy groups -OCH3 is 1. The van der Waals surface area contributed by atoms with E-state index in [4.69, 9.17) is 10.5 Å². The lowest BCUT2D eigenvalue weighted by Crippen LogP contribution is -2.47. The number of nitrogens with zero attached hydrogens (tertiary/aromatic N) is 2. The van der Waals surface area contributed by atoms with Crippen LogP contribution in [0.15, 0.2) is 40.6 Å². The predicted molar refractivity (Wildman–Crippen MR) is 101 cm³/mol. The molecule has 4 nitrogen and oxygen atoms in total. The number of benzene rings is 1. The molecule has 1 fully saturated rings. The fraction of sp³-hybridized carbons (Fsp3) is 0.412. The van der Waals surface area contributed by atoms with Crippen molar-refractivity contribution in [2.45, 2.75) is 4.21 Å². The molecule has 23 heavy (non-hydrogen) atoms. The Morgan fingerprint density at radius 1 is 1.13 bits per heavy atom. The van der Waals surface area contributed by atoms with Gasteiger partial charge in [0.05, 0.1) is 22.0 Å². The van der Waals surface area contributed by atoms with Gasteiger partial charge in [0.15, 0.2) is 0 Å². The molecule has 2 aromatic rings. The van der Waals surface area contributed by atoms with E-state index in [1.807, 2.05) is 30.0 Å². The topological polar surface area (TPSA) is 41.7 Å². The third-order valence-electron chi connectivity index (χ3n) is 4.05. The van der Waals surface area contributed by atoms with Crippen molar-refractivity contribution >= 4 is 33.8 Å². The van der Waals surface area contributed by atoms with E-state index >= 15 is 0 Å². The van der Waals surface area contributed by atoms with Crippen molar-refractivity contribution in [3.63, 3.8) is 0 Å². The van der Waals surface area contributed by atoms with E-state index in [9.17, 15) is 0 Å². The van der Waals surface area contributed by atoms with Gasteiger partial charge in [-0.1, -0.05) is 12.1 Å². The molecular formula is C17H23N3OS2. The zero-order valence-electron chi connectivity index (χ0n) is 13.4. The number of piperazine rings is 1. The van der Waals surface area contributed by atoms with Crippen molar-refractivity contribution in [3.8, 4) is 5.75 Å². The molecule has 0 atom stereocenters. The highest BCUT2D eigenvalue weighted by molar-refractivity contribution is 8.01. The average molecular weight is 350 g/mol. The molecule has 1 aromatic carbocycles. The van der Waals surface area contributed by atoms with Gasteiger partial charge < -0.3 is 15.4 Å². The van der Waals surface area contributed by atoms with E-state index in [-0.39, 0.29) is 0 Å². The summed E-state index contributed by atoms with van der Waals surface area (Å²) in [6.07, 6.45) is 0. The number of thiophene rings is 1. The molecule has 1 saturated heterocycles. The van der Waals surface area contributed by atoms with Crippen LogP contribution in [0.5, 0.6) is 5.75 Å². The van der Waals surface area contributed by atoms with Crippen LogP contribution >= 0.6 is 23.1 Å². The Kier molecular flexibility index (Phi) is 5.70. The molecule has 0 amide bonds. The quantitative estimate of drug-likeness (QED) is 0.811. The third kappa shape index (κ3) is 4.34. The average Bonchev–Trinajstić information content (AvgIpc) is 3.01. The van der Waals surface area contributed by atoms with Gasteiger partial charge in [-0.15, -0.1) is 23.1 Å². The molecule has 0 bridgehead atoms. The van der Waals surface area contributed by atoms with Gasteiger partial charge in [0, 0.05) is 38.5 Å². The van der Waals surface area contributed by atoms with Crippen molar-refractivity contribution in [2.75, 3.05) is 56.2 Å². The molecule has 0 radical (unpaired) electrons. The number of nitrogens with two attached hydrogens (primary N) is 1. The SMILES string of the molecule is COc1ccccc1N1CCN(CCSc2ccc(N)s2)CC1. The molecular weight excluding hydrogens is 326 g/mol. The fourth-order valence-corrected chi connectivity index (χ4v) is 4.78. The lowest BCUT2D eigenvalue weighted by molar-refractivity contribution is 0.272. The summed E-state index contributed by atoms with van der Waals surface area (Å²) in [5.41, 5.74) is 6.97. The second-order valence-electron chi connectivity index (χ2n) is 5.51. The summed E-state index contributed by atoms with van der Waals surface area (Å²) >= 11 is 3.58. The van der Waals surface area contributed by atoms with Crippen LogP contribution in [-0.4, -0.2) is 50.5 Å².